The van der Waals surface area contributed by atoms with Crippen LogP contribution in [0.1, 0.15) is 48.3 Å². The van der Waals surface area contributed by atoms with Crippen molar-refractivity contribution in [3.05, 3.63) is 34.9 Å². The minimum Gasteiger partial charge on any atom is -0.438 e. The van der Waals surface area contributed by atoms with Crippen molar-refractivity contribution in [2.75, 3.05) is 13.4 Å². The van der Waals surface area contributed by atoms with Crippen LogP contribution in [-0.4, -0.2) is 31.3 Å². The molecule has 5 rings (SSSR count). The van der Waals surface area contributed by atoms with Crippen LogP contribution in [0.2, 0.25) is 0 Å². The second kappa shape index (κ2) is 5.64. The molecule has 1 aromatic rings. The third-order valence-electron chi connectivity index (χ3n) is 6.59. The molecular formula is C20H20O6. The maximum Gasteiger partial charge on any atom is 0.318 e. The highest BCUT2D eigenvalue weighted by Crippen LogP contribution is 2.57. The number of cyclic esters (lactones) is 3. The van der Waals surface area contributed by atoms with Gasteiger partial charge in [0, 0.05) is 11.3 Å². The average Bonchev–Trinajstić information content (AvgIpc) is 2.86. The van der Waals surface area contributed by atoms with Gasteiger partial charge in [-0.15, -0.1) is 0 Å². The molecule has 0 aromatic heterocycles. The van der Waals surface area contributed by atoms with Gasteiger partial charge in [0.25, 0.3) is 0 Å². The van der Waals surface area contributed by atoms with E-state index in [0.717, 1.165) is 30.4 Å². The number of ether oxygens (including phenoxy) is 3. The molecule has 6 heteroatoms. The maximum atomic E-state index is 12.6. The lowest BCUT2D eigenvalue weighted by Gasteiger charge is -2.50. The van der Waals surface area contributed by atoms with E-state index in [0.29, 0.717) is 13.0 Å². The van der Waals surface area contributed by atoms with Crippen molar-refractivity contribution in [2.24, 2.45) is 11.8 Å². The van der Waals surface area contributed by atoms with Crippen LogP contribution >= 0.6 is 0 Å². The summed E-state index contributed by atoms with van der Waals surface area (Å²) in [6.45, 7) is 0.384. The molecule has 0 N–H and O–H groups in total. The minimum absolute atomic E-state index is 0.0299. The zero-order chi connectivity index (χ0) is 17.9. The van der Waals surface area contributed by atoms with E-state index in [1.807, 2.05) is 12.1 Å². The summed E-state index contributed by atoms with van der Waals surface area (Å²) in [5.74, 6) is -2.03. The van der Waals surface area contributed by atoms with E-state index < -0.39 is 23.3 Å². The molecule has 0 bridgehead atoms. The van der Waals surface area contributed by atoms with E-state index in [4.69, 9.17) is 14.2 Å². The summed E-state index contributed by atoms with van der Waals surface area (Å²) in [4.78, 5) is 37.0. The Labute approximate surface area is 150 Å². The van der Waals surface area contributed by atoms with Crippen LogP contribution in [0.3, 0.4) is 0 Å². The number of rotatable bonds is 1. The molecule has 4 atom stereocenters. The van der Waals surface area contributed by atoms with Gasteiger partial charge in [0.1, 0.15) is 0 Å². The number of aryl methyl sites for hydroxylation is 1. The van der Waals surface area contributed by atoms with Crippen LogP contribution < -0.4 is 0 Å². The molecule has 2 aliphatic heterocycles. The van der Waals surface area contributed by atoms with Gasteiger partial charge in [-0.3, -0.25) is 14.4 Å². The first-order valence-electron chi connectivity index (χ1n) is 9.21. The lowest BCUT2D eigenvalue weighted by Crippen LogP contribution is -2.48. The Bertz CT molecular complexity index is 815. The second-order valence-corrected chi connectivity index (χ2v) is 7.83. The van der Waals surface area contributed by atoms with Crippen LogP contribution in [0.15, 0.2) is 18.2 Å². The fourth-order valence-corrected chi connectivity index (χ4v) is 5.71. The van der Waals surface area contributed by atoms with Gasteiger partial charge in [-0.25, -0.2) is 0 Å². The Hall–Kier alpha value is -2.21. The highest BCUT2D eigenvalue weighted by molar-refractivity contribution is 5.96. The second-order valence-electron chi connectivity index (χ2n) is 7.83. The van der Waals surface area contributed by atoms with E-state index >= 15 is 0 Å². The summed E-state index contributed by atoms with van der Waals surface area (Å²) in [7, 11) is 0. The van der Waals surface area contributed by atoms with Gasteiger partial charge in [-0.1, -0.05) is 18.2 Å². The van der Waals surface area contributed by atoms with E-state index in [-0.39, 0.29) is 31.0 Å². The summed E-state index contributed by atoms with van der Waals surface area (Å²) in [5, 5.41) is 0. The number of esters is 3. The van der Waals surface area contributed by atoms with Crippen molar-refractivity contribution in [2.45, 2.75) is 43.4 Å². The highest BCUT2D eigenvalue weighted by atomic mass is 16.7. The van der Waals surface area contributed by atoms with Crippen molar-refractivity contribution >= 4 is 17.9 Å². The molecule has 136 valence electrons. The van der Waals surface area contributed by atoms with Gasteiger partial charge >= 0.3 is 17.9 Å². The Morgan fingerprint density at radius 2 is 2.00 bits per heavy atom. The Kier molecular flexibility index (Phi) is 3.47. The average molecular weight is 356 g/mol. The molecule has 0 radical (unpaired) electrons. The van der Waals surface area contributed by atoms with Gasteiger partial charge in [0.2, 0.25) is 0 Å². The third-order valence-corrected chi connectivity index (χ3v) is 6.59. The van der Waals surface area contributed by atoms with Crippen LogP contribution in [0.4, 0.5) is 0 Å². The molecule has 2 fully saturated rings. The first-order chi connectivity index (χ1) is 12.6. The SMILES string of the molecule is O=C1CC(C23CCCc4cccc(c42)C2C(=O)OCOCC2C3)C(=O)O1. The predicted octanol–water partition coefficient (Wildman–Crippen LogP) is 1.98. The van der Waals surface area contributed by atoms with E-state index in [1.54, 1.807) is 0 Å². The largest absolute Gasteiger partial charge is 0.438 e. The lowest BCUT2D eigenvalue weighted by molar-refractivity contribution is -0.154. The van der Waals surface area contributed by atoms with E-state index in [2.05, 4.69) is 6.07 Å². The summed E-state index contributed by atoms with van der Waals surface area (Å²) >= 11 is 0. The van der Waals surface area contributed by atoms with Crippen molar-refractivity contribution in [1.29, 1.82) is 0 Å². The van der Waals surface area contributed by atoms with Crippen LogP contribution in [0.25, 0.3) is 0 Å². The number of carbonyl (C=O) groups excluding carboxylic acids is 3. The first kappa shape index (κ1) is 16.0. The van der Waals surface area contributed by atoms with E-state index in [1.165, 1.54) is 5.56 Å². The van der Waals surface area contributed by atoms with Crippen molar-refractivity contribution < 1.29 is 28.6 Å². The molecule has 0 spiro atoms. The molecular weight excluding hydrogens is 336 g/mol. The number of carbonyl (C=O) groups is 3. The van der Waals surface area contributed by atoms with Crippen LogP contribution in [0, 0.1) is 11.8 Å². The molecule has 6 nitrogen and oxygen atoms in total. The summed E-state index contributed by atoms with van der Waals surface area (Å²) in [6.07, 6.45) is 3.46. The molecule has 1 aromatic carbocycles. The van der Waals surface area contributed by atoms with Crippen LogP contribution in [-0.2, 0) is 40.4 Å². The maximum absolute atomic E-state index is 12.6. The molecule has 4 unspecified atom stereocenters. The Morgan fingerprint density at radius 1 is 1.12 bits per heavy atom. The smallest absolute Gasteiger partial charge is 0.318 e. The van der Waals surface area contributed by atoms with Crippen molar-refractivity contribution in [3.63, 3.8) is 0 Å². The fraction of sp³-hybridized carbons (Fsp3) is 0.550. The zero-order valence-corrected chi connectivity index (χ0v) is 14.4. The normalized spacial score (nSPS) is 35.8. The fourth-order valence-electron chi connectivity index (χ4n) is 5.71. The van der Waals surface area contributed by atoms with Crippen molar-refractivity contribution in [1.82, 2.24) is 0 Å². The van der Waals surface area contributed by atoms with Crippen LogP contribution in [0.5, 0.6) is 0 Å². The molecule has 0 amide bonds. The third kappa shape index (κ3) is 2.11. The number of benzene rings is 1. The Morgan fingerprint density at radius 3 is 2.81 bits per heavy atom. The summed E-state index contributed by atoms with van der Waals surface area (Å²) in [5.41, 5.74) is 2.75. The first-order valence-corrected chi connectivity index (χ1v) is 9.21. The van der Waals surface area contributed by atoms with Gasteiger partial charge in [-0.05, 0) is 42.4 Å². The molecule has 2 aliphatic carbocycles. The molecule has 2 heterocycles. The number of hydrogen-bond acceptors (Lipinski definition) is 6. The lowest BCUT2D eigenvalue weighted by atomic mass is 9.52. The molecule has 4 aliphatic rings. The van der Waals surface area contributed by atoms with Gasteiger partial charge in [-0.2, -0.15) is 0 Å². The Balaban J connectivity index is 1.73. The summed E-state index contributed by atoms with van der Waals surface area (Å²) in [6, 6.07) is 6.03. The van der Waals surface area contributed by atoms with Gasteiger partial charge in [0.15, 0.2) is 6.79 Å². The topological polar surface area (TPSA) is 78.9 Å². The standard InChI is InChI=1S/C20H20O6/c21-15-7-14(18(22)26-15)20-6-2-4-11-3-1-5-13(17(11)20)16-12(8-20)9-24-10-25-19(16)23/h1,3,5,12,14,16H,2,4,6-10H2. The zero-order valence-electron chi connectivity index (χ0n) is 14.4. The summed E-state index contributed by atoms with van der Waals surface area (Å²) < 4.78 is 15.7. The predicted molar refractivity (Wildman–Crippen MR) is 88.0 cm³/mol. The molecule has 0 saturated carbocycles. The molecule has 26 heavy (non-hydrogen) atoms. The number of hydrogen-bond donors (Lipinski definition) is 0. The van der Waals surface area contributed by atoms with Crippen molar-refractivity contribution in [3.8, 4) is 0 Å². The quantitative estimate of drug-likeness (QED) is 0.566. The minimum atomic E-state index is -0.476. The highest BCUT2D eigenvalue weighted by Gasteiger charge is 2.58. The van der Waals surface area contributed by atoms with Gasteiger partial charge < -0.3 is 14.2 Å². The molecule has 2 saturated heterocycles. The van der Waals surface area contributed by atoms with E-state index in [9.17, 15) is 14.4 Å². The number of fused-ring (bicyclic) bond motifs is 2. The van der Waals surface area contributed by atoms with Gasteiger partial charge in [0.05, 0.1) is 24.9 Å². The monoisotopic (exact) mass is 356 g/mol.